The zero-order valence-electron chi connectivity index (χ0n) is 11.0. The molecule has 0 aliphatic heterocycles. The van der Waals surface area contributed by atoms with Crippen molar-refractivity contribution in [2.45, 2.75) is 47.0 Å². The maximum atomic E-state index is 4.57. The number of aromatic nitrogens is 2. The first-order chi connectivity index (χ1) is 7.30. The number of nitrogens with one attached hydrogen (secondary N) is 1. The first kappa shape index (κ1) is 11.2. The number of hydrogen-bond donors (Lipinski definition) is 1. The Morgan fingerprint density at radius 1 is 1.12 bits per heavy atom. The molecular weight excluding hydrogens is 196 g/mol. The van der Waals surface area contributed by atoms with Gasteiger partial charge in [0.25, 0.3) is 0 Å². The lowest BCUT2D eigenvalue weighted by Gasteiger charge is -2.20. The van der Waals surface area contributed by atoms with Crippen LogP contribution in [0.4, 0.5) is 0 Å². The number of aromatic amines is 1. The van der Waals surface area contributed by atoms with Gasteiger partial charge in [-0.1, -0.05) is 20.8 Å². The maximum absolute atomic E-state index is 4.57. The third-order valence-electron chi connectivity index (χ3n) is 3.03. The summed E-state index contributed by atoms with van der Waals surface area (Å²) in [7, 11) is 0. The number of nitrogens with zero attached hydrogens (tertiary/aromatic N) is 1. The van der Waals surface area contributed by atoms with E-state index in [0.29, 0.717) is 0 Å². The molecule has 2 aromatic heterocycles. The second-order valence-electron chi connectivity index (χ2n) is 5.65. The molecule has 2 heterocycles. The highest BCUT2D eigenvalue weighted by atomic mass is 14.8. The molecule has 2 heteroatoms. The van der Waals surface area contributed by atoms with Crippen molar-refractivity contribution in [3.8, 4) is 0 Å². The van der Waals surface area contributed by atoms with E-state index < -0.39 is 0 Å². The third kappa shape index (κ3) is 1.62. The van der Waals surface area contributed by atoms with Crippen molar-refractivity contribution < 1.29 is 0 Å². The van der Waals surface area contributed by atoms with Gasteiger partial charge in [-0.25, -0.2) is 0 Å². The summed E-state index contributed by atoms with van der Waals surface area (Å²) in [5.41, 5.74) is 6.23. The van der Waals surface area contributed by atoms with Crippen LogP contribution in [0.15, 0.2) is 6.07 Å². The lowest BCUT2D eigenvalue weighted by molar-refractivity contribution is 0.591. The lowest BCUT2D eigenvalue weighted by Crippen LogP contribution is -2.12. The van der Waals surface area contributed by atoms with Crippen LogP contribution < -0.4 is 0 Å². The Hall–Kier alpha value is -1.31. The van der Waals surface area contributed by atoms with E-state index in [4.69, 9.17) is 0 Å². The monoisotopic (exact) mass is 216 g/mol. The zero-order valence-corrected chi connectivity index (χ0v) is 11.0. The van der Waals surface area contributed by atoms with Gasteiger partial charge in [-0.3, -0.25) is 4.98 Å². The molecule has 0 radical (unpaired) electrons. The molecule has 0 aliphatic carbocycles. The third-order valence-corrected chi connectivity index (χ3v) is 3.03. The Kier molecular flexibility index (Phi) is 2.33. The second-order valence-corrected chi connectivity index (χ2v) is 5.65. The van der Waals surface area contributed by atoms with Gasteiger partial charge in [-0.05, 0) is 37.8 Å². The van der Waals surface area contributed by atoms with Gasteiger partial charge in [0, 0.05) is 28.0 Å². The summed E-state index contributed by atoms with van der Waals surface area (Å²) >= 11 is 0. The molecule has 0 saturated carbocycles. The van der Waals surface area contributed by atoms with Gasteiger partial charge >= 0.3 is 0 Å². The summed E-state index contributed by atoms with van der Waals surface area (Å²) in [6.45, 7) is 13.0. The minimum absolute atomic E-state index is 0.157. The van der Waals surface area contributed by atoms with Crippen LogP contribution >= 0.6 is 0 Å². The SMILES string of the molecule is Cc1cc2[nH]c(C)c(C(C)(C)C)c2c(C)n1. The van der Waals surface area contributed by atoms with Gasteiger partial charge in [0.05, 0.1) is 0 Å². The highest BCUT2D eigenvalue weighted by Crippen LogP contribution is 2.34. The van der Waals surface area contributed by atoms with Gasteiger partial charge in [0.2, 0.25) is 0 Å². The fraction of sp³-hybridized carbons (Fsp3) is 0.500. The predicted molar refractivity (Wildman–Crippen MR) is 69.0 cm³/mol. The minimum Gasteiger partial charge on any atom is -0.358 e. The van der Waals surface area contributed by atoms with Crippen molar-refractivity contribution in [2.24, 2.45) is 0 Å². The smallest absolute Gasteiger partial charge is 0.0495 e. The van der Waals surface area contributed by atoms with Crippen molar-refractivity contribution in [2.75, 3.05) is 0 Å². The van der Waals surface area contributed by atoms with E-state index in [1.54, 1.807) is 0 Å². The van der Waals surface area contributed by atoms with E-state index in [1.165, 1.54) is 22.2 Å². The van der Waals surface area contributed by atoms with Crippen molar-refractivity contribution in [3.63, 3.8) is 0 Å². The Balaban J connectivity index is 2.90. The largest absolute Gasteiger partial charge is 0.358 e. The number of H-pyrrole nitrogens is 1. The first-order valence-electron chi connectivity index (χ1n) is 5.77. The molecule has 0 saturated heterocycles. The molecule has 0 aliphatic rings. The van der Waals surface area contributed by atoms with Crippen molar-refractivity contribution >= 4 is 10.9 Å². The van der Waals surface area contributed by atoms with Gasteiger partial charge < -0.3 is 4.98 Å². The summed E-state index contributed by atoms with van der Waals surface area (Å²) in [5.74, 6) is 0. The molecule has 0 amide bonds. The van der Waals surface area contributed by atoms with Crippen LogP contribution in [-0.2, 0) is 5.41 Å². The second kappa shape index (κ2) is 3.34. The summed E-state index contributed by atoms with van der Waals surface area (Å²) in [6, 6.07) is 2.13. The number of hydrogen-bond acceptors (Lipinski definition) is 1. The van der Waals surface area contributed by atoms with E-state index in [1.807, 2.05) is 6.92 Å². The molecule has 2 nitrogen and oxygen atoms in total. The molecule has 0 fully saturated rings. The lowest BCUT2D eigenvalue weighted by atomic mass is 9.84. The average molecular weight is 216 g/mol. The molecule has 2 rings (SSSR count). The molecule has 16 heavy (non-hydrogen) atoms. The molecule has 0 spiro atoms. The van der Waals surface area contributed by atoms with Crippen LogP contribution in [0.1, 0.15) is 43.4 Å². The minimum atomic E-state index is 0.157. The number of rotatable bonds is 0. The van der Waals surface area contributed by atoms with Crippen molar-refractivity contribution in [3.05, 3.63) is 28.7 Å². The molecule has 86 valence electrons. The number of aryl methyl sites for hydroxylation is 3. The fourth-order valence-corrected chi connectivity index (χ4v) is 2.63. The number of pyridine rings is 1. The first-order valence-corrected chi connectivity index (χ1v) is 5.77. The topological polar surface area (TPSA) is 28.7 Å². The van der Waals surface area contributed by atoms with E-state index >= 15 is 0 Å². The maximum Gasteiger partial charge on any atom is 0.0495 e. The summed E-state index contributed by atoms with van der Waals surface area (Å²) in [4.78, 5) is 8.04. The molecule has 1 N–H and O–H groups in total. The van der Waals surface area contributed by atoms with Crippen LogP contribution in [-0.4, -0.2) is 9.97 Å². The molecule has 0 aromatic carbocycles. The quantitative estimate of drug-likeness (QED) is 0.713. The molecule has 0 atom stereocenters. The molecular formula is C14H20N2. The summed E-state index contributed by atoms with van der Waals surface area (Å²) < 4.78 is 0. The van der Waals surface area contributed by atoms with Crippen molar-refractivity contribution in [1.82, 2.24) is 9.97 Å². The number of fused-ring (bicyclic) bond motifs is 1. The van der Waals surface area contributed by atoms with Gasteiger partial charge in [-0.15, -0.1) is 0 Å². The van der Waals surface area contributed by atoms with Crippen LogP contribution in [0.2, 0.25) is 0 Å². The van der Waals surface area contributed by atoms with Gasteiger partial charge in [-0.2, -0.15) is 0 Å². The zero-order chi connectivity index (χ0) is 12.1. The molecule has 2 aromatic rings. The Bertz CT molecular complexity index is 542. The van der Waals surface area contributed by atoms with Gasteiger partial charge in [0.1, 0.15) is 0 Å². The fourth-order valence-electron chi connectivity index (χ4n) is 2.63. The Morgan fingerprint density at radius 2 is 1.75 bits per heavy atom. The normalized spacial score (nSPS) is 12.4. The van der Waals surface area contributed by atoms with E-state index in [9.17, 15) is 0 Å². The van der Waals surface area contributed by atoms with E-state index in [-0.39, 0.29) is 5.41 Å². The highest BCUT2D eigenvalue weighted by molar-refractivity contribution is 5.88. The van der Waals surface area contributed by atoms with E-state index in [2.05, 4.69) is 50.7 Å². The molecule has 0 bridgehead atoms. The van der Waals surface area contributed by atoms with Crippen LogP contribution in [0.3, 0.4) is 0 Å². The Labute approximate surface area is 97.1 Å². The Morgan fingerprint density at radius 3 is 2.31 bits per heavy atom. The highest BCUT2D eigenvalue weighted by Gasteiger charge is 2.22. The van der Waals surface area contributed by atoms with E-state index in [0.717, 1.165) is 11.4 Å². The standard InChI is InChI=1S/C14H20N2/c1-8-7-11-12(9(2)15-8)13(10(3)16-11)14(4,5)6/h7,16H,1-6H3. The van der Waals surface area contributed by atoms with Crippen LogP contribution in [0.5, 0.6) is 0 Å². The molecule has 0 unspecified atom stereocenters. The predicted octanol–water partition coefficient (Wildman–Crippen LogP) is 3.79. The van der Waals surface area contributed by atoms with Crippen LogP contribution in [0.25, 0.3) is 10.9 Å². The van der Waals surface area contributed by atoms with Crippen LogP contribution in [0, 0.1) is 20.8 Å². The van der Waals surface area contributed by atoms with Gasteiger partial charge in [0.15, 0.2) is 0 Å². The summed E-state index contributed by atoms with van der Waals surface area (Å²) in [6.07, 6.45) is 0. The summed E-state index contributed by atoms with van der Waals surface area (Å²) in [5, 5.41) is 1.30. The van der Waals surface area contributed by atoms with Crippen molar-refractivity contribution in [1.29, 1.82) is 0 Å². The average Bonchev–Trinajstić information content (AvgIpc) is 2.39.